The number of piperidine rings is 1. The molecule has 11 heteroatoms. The van der Waals surface area contributed by atoms with E-state index < -0.39 is 42.7 Å². The fourth-order valence-corrected chi connectivity index (χ4v) is 3.51. The third kappa shape index (κ3) is 5.39. The number of alkyl halides is 4. The molecule has 0 unspecified atom stereocenters. The summed E-state index contributed by atoms with van der Waals surface area (Å²) in [6.07, 6.45) is -4.89. The van der Waals surface area contributed by atoms with Gasteiger partial charge in [0.2, 0.25) is 5.91 Å². The quantitative estimate of drug-likeness (QED) is 0.482. The van der Waals surface area contributed by atoms with Crippen LogP contribution in [0.5, 0.6) is 0 Å². The first kappa shape index (κ1) is 22.7. The van der Waals surface area contributed by atoms with Crippen molar-refractivity contribution in [1.82, 2.24) is 19.7 Å². The molecule has 0 radical (unpaired) electrons. The number of esters is 1. The molecule has 2 aromatic rings. The first-order chi connectivity index (χ1) is 14.8. The molecule has 3 heterocycles. The Hall–Kier alpha value is -2.98. The Balaban J connectivity index is 1.62. The Morgan fingerprint density at radius 2 is 1.87 bits per heavy atom. The molecule has 1 fully saturated rings. The first-order valence-corrected chi connectivity index (χ1v) is 9.86. The van der Waals surface area contributed by atoms with Crippen LogP contribution >= 0.6 is 0 Å². The second-order valence-electron chi connectivity index (χ2n) is 7.08. The van der Waals surface area contributed by atoms with E-state index in [1.807, 2.05) is 0 Å². The SMILES string of the molecule is CCOC(=O)c1cccc(C2CCN(C(=O)Cn3nc(C(F)F)cc3C(F)F)CC2)n1. The maximum atomic E-state index is 13.1. The maximum absolute atomic E-state index is 13.1. The fourth-order valence-electron chi connectivity index (χ4n) is 3.51. The molecule has 31 heavy (non-hydrogen) atoms. The highest BCUT2D eigenvalue weighted by molar-refractivity contribution is 5.87. The summed E-state index contributed by atoms with van der Waals surface area (Å²) < 4.78 is 57.4. The van der Waals surface area contributed by atoms with Crippen molar-refractivity contribution in [2.45, 2.75) is 45.1 Å². The van der Waals surface area contributed by atoms with Crippen molar-refractivity contribution in [2.75, 3.05) is 19.7 Å². The van der Waals surface area contributed by atoms with Crippen molar-refractivity contribution in [2.24, 2.45) is 0 Å². The highest BCUT2D eigenvalue weighted by Gasteiger charge is 2.28. The topological polar surface area (TPSA) is 77.3 Å². The van der Waals surface area contributed by atoms with Gasteiger partial charge >= 0.3 is 5.97 Å². The third-order valence-electron chi connectivity index (χ3n) is 5.08. The zero-order valence-corrected chi connectivity index (χ0v) is 16.8. The van der Waals surface area contributed by atoms with Crippen LogP contribution in [0.4, 0.5) is 17.6 Å². The Labute approximate surface area is 176 Å². The van der Waals surface area contributed by atoms with Gasteiger partial charge in [-0.15, -0.1) is 0 Å². The number of likely N-dealkylation sites (tertiary alicyclic amines) is 1. The molecule has 168 valence electrons. The van der Waals surface area contributed by atoms with E-state index in [1.165, 1.54) is 4.90 Å². The molecule has 1 aliphatic heterocycles. The van der Waals surface area contributed by atoms with Crippen LogP contribution in [0.1, 0.15) is 66.1 Å². The summed E-state index contributed by atoms with van der Waals surface area (Å²) >= 11 is 0. The lowest BCUT2D eigenvalue weighted by atomic mass is 9.93. The molecule has 2 aromatic heterocycles. The molecular formula is C20H22F4N4O3. The zero-order valence-electron chi connectivity index (χ0n) is 16.8. The lowest BCUT2D eigenvalue weighted by Gasteiger charge is -2.32. The lowest BCUT2D eigenvalue weighted by Crippen LogP contribution is -2.40. The van der Waals surface area contributed by atoms with Gasteiger partial charge in [0.1, 0.15) is 23.6 Å². The first-order valence-electron chi connectivity index (χ1n) is 9.86. The normalized spacial score (nSPS) is 15.0. The predicted molar refractivity (Wildman–Crippen MR) is 101 cm³/mol. The molecule has 0 N–H and O–H groups in total. The largest absolute Gasteiger partial charge is 0.461 e. The van der Waals surface area contributed by atoms with Gasteiger partial charge < -0.3 is 9.64 Å². The van der Waals surface area contributed by atoms with E-state index in [-0.39, 0.29) is 18.2 Å². The minimum atomic E-state index is -3.02. The van der Waals surface area contributed by atoms with E-state index in [9.17, 15) is 27.2 Å². The molecule has 1 aliphatic rings. The van der Waals surface area contributed by atoms with Crippen molar-refractivity contribution in [1.29, 1.82) is 0 Å². The van der Waals surface area contributed by atoms with Crippen LogP contribution in [-0.4, -0.2) is 51.2 Å². The minimum Gasteiger partial charge on any atom is -0.461 e. The summed E-state index contributed by atoms with van der Waals surface area (Å²) in [5.41, 5.74) is -0.565. The maximum Gasteiger partial charge on any atom is 0.356 e. The van der Waals surface area contributed by atoms with Gasteiger partial charge in [-0.3, -0.25) is 9.48 Å². The van der Waals surface area contributed by atoms with E-state index in [1.54, 1.807) is 25.1 Å². The number of rotatable bonds is 7. The highest BCUT2D eigenvalue weighted by atomic mass is 19.3. The van der Waals surface area contributed by atoms with E-state index >= 15 is 0 Å². The number of pyridine rings is 1. The summed E-state index contributed by atoms with van der Waals surface area (Å²) in [6.45, 7) is 2.11. The van der Waals surface area contributed by atoms with Crippen molar-refractivity contribution >= 4 is 11.9 Å². The van der Waals surface area contributed by atoms with Crippen molar-refractivity contribution < 1.29 is 31.9 Å². The third-order valence-corrected chi connectivity index (χ3v) is 5.08. The molecular weight excluding hydrogens is 420 g/mol. The van der Waals surface area contributed by atoms with Crippen LogP contribution in [0, 0.1) is 0 Å². The van der Waals surface area contributed by atoms with E-state index in [0.717, 1.165) is 0 Å². The van der Waals surface area contributed by atoms with Crippen molar-refractivity contribution in [3.05, 3.63) is 47.0 Å². The van der Waals surface area contributed by atoms with E-state index in [2.05, 4.69) is 10.1 Å². The molecule has 0 saturated carbocycles. The van der Waals surface area contributed by atoms with E-state index in [0.29, 0.717) is 42.4 Å². The molecule has 0 spiro atoms. The number of carbonyl (C=O) groups excluding carboxylic acids is 2. The Kier molecular flexibility index (Phi) is 7.24. The van der Waals surface area contributed by atoms with Gasteiger partial charge in [-0.05, 0) is 38.0 Å². The molecule has 0 aliphatic carbocycles. The van der Waals surface area contributed by atoms with Crippen LogP contribution in [0.2, 0.25) is 0 Å². The monoisotopic (exact) mass is 442 g/mol. The van der Waals surface area contributed by atoms with Crippen LogP contribution in [0.15, 0.2) is 24.3 Å². The van der Waals surface area contributed by atoms with Crippen LogP contribution in [0.25, 0.3) is 0 Å². The Morgan fingerprint density at radius 1 is 1.16 bits per heavy atom. The second kappa shape index (κ2) is 9.88. The number of halogens is 4. The number of ether oxygens (including phenoxy) is 1. The number of hydrogen-bond acceptors (Lipinski definition) is 5. The number of nitrogens with zero attached hydrogens (tertiary/aromatic N) is 4. The van der Waals surface area contributed by atoms with Crippen molar-refractivity contribution in [3.8, 4) is 0 Å². The average molecular weight is 442 g/mol. The van der Waals surface area contributed by atoms with Gasteiger partial charge in [-0.25, -0.2) is 27.3 Å². The predicted octanol–water partition coefficient (Wildman–Crippen LogP) is 3.74. The van der Waals surface area contributed by atoms with Gasteiger partial charge in [0, 0.05) is 24.7 Å². The zero-order chi connectivity index (χ0) is 22.5. The second-order valence-corrected chi connectivity index (χ2v) is 7.08. The molecule has 0 aromatic carbocycles. The van der Waals surface area contributed by atoms with Crippen LogP contribution in [-0.2, 0) is 16.1 Å². The summed E-state index contributed by atoms with van der Waals surface area (Å²) in [5.74, 6) is -0.961. The smallest absolute Gasteiger partial charge is 0.356 e. The summed E-state index contributed by atoms with van der Waals surface area (Å²) in [7, 11) is 0. The van der Waals surface area contributed by atoms with Gasteiger partial charge in [0.05, 0.1) is 6.61 Å². The molecule has 0 bridgehead atoms. The minimum absolute atomic E-state index is 0.0187. The molecule has 3 rings (SSSR count). The van der Waals surface area contributed by atoms with Crippen LogP contribution < -0.4 is 0 Å². The molecule has 1 saturated heterocycles. The van der Waals surface area contributed by atoms with Crippen LogP contribution in [0.3, 0.4) is 0 Å². The molecule has 1 amide bonds. The highest BCUT2D eigenvalue weighted by Crippen LogP contribution is 2.28. The standard InChI is InChI=1S/C20H22F4N4O3/c1-2-31-20(30)14-5-3-4-13(25-14)12-6-8-27(9-7-12)17(29)11-28-16(19(23)24)10-15(26-28)18(21)22/h3-5,10,12,18-19H,2,6-9,11H2,1H3. The fraction of sp³-hybridized carbons (Fsp3) is 0.500. The molecule has 7 nitrogen and oxygen atoms in total. The molecule has 0 atom stereocenters. The number of amides is 1. The number of hydrogen-bond donors (Lipinski definition) is 0. The number of aromatic nitrogens is 3. The summed E-state index contributed by atoms with van der Waals surface area (Å²) in [4.78, 5) is 30.3. The number of carbonyl (C=O) groups is 2. The van der Waals surface area contributed by atoms with E-state index in [4.69, 9.17) is 4.74 Å². The summed E-state index contributed by atoms with van der Waals surface area (Å²) in [5, 5.41) is 3.45. The summed E-state index contributed by atoms with van der Waals surface area (Å²) in [6, 6.07) is 5.71. The van der Waals surface area contributed by atoms with Gasteiger partial charge in [0.25, 0.3) is 12.9 Å². The lowest BCUT2D eigenvalue weighted by molar-refractivity contribution is -0.133. The Morgan fingerprint density at radius 3 is 2.48 bits per heavy atom. The van der Waals surface area contributed by atoms with Crippen molar-refractivity contribution in [3.63, 3.8) is 0 Å². The average Bonchev–Trinajstić information content (AvgIpc) is 3.18. The Bertz CT molecular complexity index is 927. The van der Waals surface area contributed by atoms with Gasteiger partial charge in [-0.2, -0.15) is 5.10 Å². The van der Waals surface area contributed by atoms with Gasteiger partial charge in [-0.1, -0.05) is 6.07 Å². The van der Waals surface area contributed by atoms with Gasteiger partial charge in [0.15, 0.2) is 0 Å².